The van der Waals surface area contributed by atoms with Gasteiger partial charge in [-0.3, -0.25) is 24.6 Å². The second-order valence-electron chi connectivity index (χ2n) is 5.49. The van der Waals surface area contributed by atoms with Crippen molar-refractivity contribution in [3.05, 3.63) is 75.2 Å². The molecule has 0 bridgehead atoms. The van der Waals surface area contributed by atoms with Gasteiger partial charge in [0.25, 0.3) is 11.6 Å². The molecule has 0 radical (unpaired) electrons. The number of carbonyl (C=O) groups excluding carboxylic acids is 1. The average molecular weight is 372 g/mol. The lowest BCUT2D eigenvalue weighted by atomic mass is 10.1. The fraction of sp³-hybridized carbons (Fsp3) is 0.118. The zero-order valence-corrected chi connectivity index (χ0v) is 14.5. The van der Waals surface area contributed by atoms with Crippen molar-refractivity contribution < 1.29 is 9.72 Å². The van der Waals surface area contributed by atoms with Crippen molar-refractivity contribution in [2.45, 2.75) is 6.54 Å². The van der Waals surface area contributed by atoms with Crippen LogP contribution < -0.4 is 5.32 Å². The highest BCUT2D eigenvalue weighted by molar-refractivity contribution is 6.32. The molecular formula is C17H14ClN5O3. The van der Waals surface area contributed by atoms with E-state index in [4.69, 9.17) is 11.6 Å². The zero-order valence-electron chi connectivity index (χ0n) is 13.7. The highest BCUT2D eigenvalue weighted by atomic mass is 35.5. The molecule has 132 valence electrons. The summed E-state index contributed by atoms with van der Waals surface area (Å²) in [6.07, 6.45) is 3.38. The third-order valence-electron chi connectivity index (χ3n) is 3.74. The van der Waals surface area contributed by atoms with E-state index in [9.17, 15) is 14.9 Å². The van der Waals surface area contributed by atoms with Crippen molar-refractivity contribution in [1.29, 1.82) is 0 Å². The fourth-order valence-corrected chi connectivity index (χ4v) is 2.66. The Balaban J connectivity index is 1.73. The lowest BCUT2D eigenvalue weighted by Crippen LogP contribution is -2.23. The van der Waals surface area contributed by atoms with Crippen LogP contribution in [0.15, 0.2) is 48.8 Å². The van der Waals surface area contributed by atoms with Crippen LogP contribution in [0.2, 0.25) is 5.02 Å². The number of hydrogen-bond acceptors (Lipinski definition) is 5. The molecule has 0 aliphatic rings. The Morgan fingerprint density at radius 2 is 2.00 bits per heavy atom. The Labute approximate surface area is 153 Å². The first-order valence-electron chi connectivity index (χ1n) is 7.61. The number of rotatable bonds is 5. The Kier molecular flexibility index (Phi) is 4.94. The molecule has 3 rings (SSSR count). The van der Waals surface area contributed by atoms with E-state index in [2.05, 4.69) is 15.4 Å². The summed E-state index contributed by atoms with van der Waals surface area (Å²) in [4.78, 5) is 26.5. The molecule has 2 aromatic heterocycles. The van der Waals surface area contributed by atoms with Crippen molar-refractivity contribution >= 4 is 23.2 Å². The van der Waals surface area contributed by atoms with Crippen molar-refractivity contribution in [2.75, 3.05) is 0 Å². The molecule has 0 fully saturated rings. The molecule has 0 aliphatic heterocycles. The molecule has 0 unspecified atom stereocenters. The molecule has 0 atom stereocenters. The highest BCUT2D eigenvalue weighted by Gasteiger charge is 2.16. The lowest BCUT2D eigenvalue weighted by Gasteiger charge is -2.04. The van der Waals surface area contributed by atoms with Gasteiger partial charge in [0, 0.05) is 36.6 Å². The SMILES string of the molecule is Cn1nc(CNC(=O)c2ccc(Cl)c([N+](=O)[O-])c2)cc1-c1ccncc1. The van der Waals surface area contributed by atoms with E-state index in [1.165, 1.54) is 12.1 Å². The van der Waals surface area contributed by atoms with Crippen LogP contribution >= 0.6 is 11.6 Å². The minimum Gasteiger partial charge on any atom is -0.346 e. The molecule has 2 heterocycles. The third-order valence-corrected chi connectivity index (χ3v) is 4.06. The molecular weight excluding hydrogens is 358 g/mol. The summed E-state index contributed by atoms with van der Waals surface area (Å²) < 4.78 is 1.71. The van der Waals surface area contributed by atoms with E-state index in [1.807, 2.05) is 25.2 Å². The number of nitro benzene ring substituents is 1. The van der Waals surface area contributed by atoms with Crippen molar-refractivity contribution in [3.63, 3.8) is 0 Å². The Hall–Kier alpha value is -3.26. The molecule has 0 spiro atoms. The van der Waals surface area contributed by atoms with E-state index >= 15 is 0 Å². The van der Waals surface area contributed by atoms with Gasteiger partial charge in [0.05, 0.1) is 22.9 Å². The molecule has 8 nitrogen and oxygen atoms in total. The van der Waals surface area contributed by atoms with Crippen molar-refractivity contribution in [3.8, 4) is 11.3 Å². The summed E-state index contributed by atoms with van der Waals surface area (Å²) in [5, 5.41) is 18.0. The Morgan fingerprint density at radius 3 is 2.69 bits per heavy atom. The number of nitrogens with one attached hydrogen (secondary N) is 1. The smallest absolute Gasteiger partial charge is 0.288 e. The van der Waals surface area contributed by atoms with E-state index in [0.717, 1.165) is 17.3 Å². The van der Waals surface area contributed by atoms with Crippen LogP contribution in [0, 0.1) is 10.1 Å². The molecule has 0 saturated carbocycles. The van der Waals surface area contributed by atoms with Crippen LogP contribution in [-0.4, -0.2) is 25.6 Å². The molecule has 0 aliphatic carbocycles. The number of carbonyl (C=O) groups is 1. The van der Waals surface area contributed by atoms with Gasteiger partial charge in [-0.05, 0) is 30.3 Å². The number of nitrogens with zero attached hydrogens (tertiary/aromatic N) is 4. The van der Waals surface area contributed by atoms with Crippen LogP contribution in [-0.2, 0) is 13.6 Å². The van der Waals surface area contributed by atoms with Gasteiger partial charge < -0.3 is 5.32 Å². The number of aryl methyl sites for hydroxylation is 1. The van der Waals surface area contributed by atoms with Gasteiger partial charge >= 0.3 is 0 Å². The standard InChI is InChI=1S/C17H14ClN5O3/c1-22-15(11-4-6-19-7-5-11)9-13(21-22)10-20-17(24)12-2-3-14(18)16(8-12)23(25)26/h2-9H,10H2,1H3,(H,20,24). The molecule has 3 aromatic rings. The highest BCUT2D eigenvalue weighted by Crippen LogP contribution is 2.25. The molecule has 26 heavy (non-hydrogen) atoms. The normalized spacial score (nSPS) is 10.5. The second-order valence-corrected chi connectivity index (χ2v) is 5.89. The van der Waals surface area contributed by atoms with Crippen molar-refractivity contribution in [2.24, 2.45) is 7.05 Å². The first kappa shape index (κ1) is 17.6. The maximum Gasteiger partial charge on any atom is 0.288 e. The van der Waals surface area contributed by atoms with Gasteiger partial charge in [0.1, 0.15) is 5.02 Å². The summed E-state index contributed by atoms with van der Waals surface area (Å²) in [6.45, 7) is 0.189. The summed E-state index contributed by atoms with van der Waals surface area (Å²) in [7, 11) is 1.81. The number of hydrogen-bond donors (Lipinski definition) is 1. The molecule has 0 saturated heterocycles. The number of halogens is 1. The van der Waals surface area contributed by atoms with Crippen LogP contribution in [0.1, 0.15) is 16.1 Å². The maximum atomic E-state index is 12.2. The molecule has 1 N–H and O–H groups in total. The van der Waals surface area contributed by atoms with E-state index in [1.54, 1.807) is 17.1 Å². The Morgan fingerprint density at radius 1 is 1.27 bits per heavy atom. The monoisotopic (exact) mass is 371 g/mol. The van der Waals surface area contributed by atoms with Gasteiger partial charge in [0.2, 0.25) is 0 Å². The topological polar surface area (TPSA) is 103 Å². The van der Waals surface area contributed by atoms with Crippen LogP contribution in [0.5, 0.6) is 0 Å². The second kappa shape index (κ2) is 7.32. The van der Waals surface area contributed by atoms with E-state index in [-0.39, 0.29) is 22.8 Å². The quantitative estimate of drug-likeness (QED) is 0.548. The van der Waals surface area contributed by atoms with Gasteiger partial charge in [0.15, 0.2) is 0 Å². The number of pyridine rings is 1. The largest absolute Gasteiger partial charge is 0.346 e. The summed E-state index contributed by atoms with van der Waals surface area (Å²) in [5.41, 5.74) is 2.36. The third kappa shape index (κ3) is 3.70. The first-order chi connectivity index (χ1) is 12.5. The van der Waals surface area contributed by atoms with Gasteiger partial charge in [-0.15, -0.1) is 0 Å². The van der Waals surface area contributed by atoms with Crippen LogP contribution in [0.4, 0.5) is 5.69 Å². The molecule has 1 aromatic carbocycles. The van der Waals surface area contributed by atoms with Crippen molar-refractivity contribution in [1.82, 2.24) is 20.1 Å². The minimum absolute atomic E-state index is 0.0155. The maximum absolute atomic E-state index is 12.2. The first-order valence-corrected chi connectivity index (χ1v) is 7.99. The number of aromatic nitrogens is 3. The lowest BCUT2D eigenvalue weighted by molar-refractivity contribution is -0.384. The fourth-order valence-electron chi connectivity index (χ4n) is 2.47. The van der Waals surface area contributed by atoms with Crippen LogP contribution in [0.3, 0.4) is 0 Å². The Bertz CT molecular complexity index is 972. The summed E-state index contributed by atoms with van der Waals surface area (Å²) in [6, 6.07) is 9.51. The number of amides is 1. The summed E-state index contributed by atoms with van der Waals surface area (Å²) >= 11 is 5.76. The zero-order chi connectivity index (χ0) is 18.7. The minimum atomic E-state index is -0.626. The van der Waals surface area contributed by atoms with E-state index < -0.39 is 10.8 Å². The number of benzene rings is 1. The molecule has 9 heteroatoms. The predicted octanol–water partition coefficient (Wildman–Crippen LogP) is 2.97. The summed E-state index contributed by atoms with van der Waals surface area (Å²) in [5.74, 6) is -0.444. The van der Waals surface area contributed by atoms with Gasteiger partial charge in [-0.1, -0.05) is 11.6 Å². The molecule has 1 amide bonds. The van der Waals surface area contributed by atoms with Crippen LogP contribution in [0.25, 0.3) is 11.3 Å². The number of nitro groups is 1. The van der Waals surface area contributed by atoms with Gasteiger partial charge in [-0.25, -0.2) is 0 Å². The van der Waals surface area contributed by atoms with Gasteiger partial charge in [-0.2, -0.15) is 5.10 Å². The average Bonchev–Trinajstić information content (AvgIpc) is 3.01. The van der Waals surface area contributed by atoms with E-state index in [0.29, 0.717) is 5.69 Å². The predicted molar refractivity (Wildman–Crippen MR) is 95.7 cm³/mol.